The van der Waals surface area contributed by atoms with E-state index in [1.54, 1.807) is 11.9 Å². The van der Waals surface area contributed by atoms with E-state index in [2.05, 4.69) is 5.32 Å². The van der Waals surface area contributed by atoms with Gasteiger partial charge in [0.2, 0.25) is 5.91 Å². The molecule has 0 aromatic heterocycles. The summed E-state index contributed by atoms with van der Waals surface area (Å²) in [5.41, 5.74) is -1.58. The van der Waals surface area contributed by atoms with Crippen LogP contribution in [-0.4, -0.2) is 66.1 Å². The van der Waals surface area contributed by atoms with Gasteiger partial charge >= 0.3 is 0 Å². The van der Waals surface area contributed by atoms with Crippen LogP contribution in [0.25, 0.3) is 0 Å². The Bertz CT molecular complexity index is 656. The predicted molar refractivity (Wildman–Crippen MR) is 87.5 cm³/mol. The number of amides is 2. The molecule has 0 unspecified atom stereocenters. The summed E-state index contributed by atoms with van der Waals surface area (Å²) in [6.07, 6.45) is 0.791. The smallest absolute Gasteiger partial charge is 0.256 e. The highest BCUT2D eigenvalue weighted by molar-refractivity contribution is 5.86. The summed E-state index contributed by atoms with van der Waals surface area (Å²) in [6.45, 7) is 0.284. The van der Waals surface area contributed by atoms with Crippen LogP contribution in [0, 0.1) is 11.6 Å². The topological polar surface area (TPSA) is 72.9 Å². The Hall–Kier alpha value is -2.06. The van der Waals surface area contributed by atoms with Gasteiger partial charge in [0.05, 0.1) is 6.54 Å². The lowest BCUT2D eigenvalue weighted by Crippen LogP contribution is -2.58. The van der Waals surface area contributed by atoms with Crippen LogP contribution < -0.4 is 5.32 Å². The second-order valence-corrected chi connectivity index (χ2v) is 6.42. The van der Waals surface area contributed by atoms with Gasteiger partial charge in [-0.15, -0.1) is 0 Å². The van der Waals surface area contributed by atoms with E-state index < -0.39 is 23.1 Å². The number of benzene rings is 1. The van der Waals surface area contributed by atoms with Crippen LogP contribution in [0.1, 0.15) is 18.4 Å². The van der Waals surface area contributed by atoms with E-state index in [4.69, 9.17) is 0 Å². The summed E-state index contributed by atoms with van der Waals surface area (Å²) in [7, 11) is 3.14. The summed E-state index contributed by atoms with van der Waals surface area (Å²) < 4.78 is 27.2. The zero-order valence-corrected chi connectivity index (χ0v) is 14.4. The number of halogens is 2. The highest BCUT2D eigenvalue weighted by atomic mass is 19.2. The van der Waals surface area contributed by atoms with E-state index in [9.17, 15) is 23.5 Å². The van der Waals surface area contributed by atoms with Crippen molar-refractivity contribution in [3.63, 3.8) is 0 Å². The van der Waals surface area contributed by atoms with Crippen molar-refractivity contribution in [2.75, 3.05) is 33.7 Å². The zero-order valence-electron chi connectivity index (χ0n) is 14.4. The van der Waals surface area contributed by atoms with Crippen LogP contribution in [-0.2, 0) is 16.1 Å². The Morgan fingerprint density at radius 2 is 2.16 bits per heavy atom. The molecule has 0 spiro atoms. The van der Waals surface area contributed by atoms with Crippen molar-refractivity contribution in [3.8, 4) is 0 Å². The Balaban J connectivity index is 2.09. The zero-order chi connectivity index (χ0) is 18.6. The molecule has 1 fully saturated rings. The maximum absolute atomic E-state index is 13.8. The van der Waals surface area contributed by atoms with Crippen LogP contribution in [0.15, 0.2) is 18.2 Å². The molecular weight excluding hydrogens is 332 g/mol. The first kappa shape index (κ1) is 19.3. The minimum atomic E-state index is -1.65. The van der Waals surface area contributed by atoms with Gasteiger partial charge in [0, 0.05) is 32.2 Å². The quantitative estimate of drug-likeness (QED) is 0.779. The van der Waals surface area contributed by atoms with Crippen LogP contribution in [0.3, 0.4) is 0 Å². The van der Waals surface area contributed by atoms with E-state index >= 15 is 0 Å². The van der Waals surface area contributed by atoms with Gasteiger partial charge in [-0.05, 0) is 26.0 Å². The van der Waals surface area contributed by atoms with E-state index in [0.29, 0.717) is 13.0 Å². The molecule has 1 heterocycles. The van der Waals surface area contributed by atoms with E-state index in [0.717, 1.165) is 6.07 Å². The Labute approximate surface area is 145 Å². The third-order valence-electron chi connectivity index (χ3n) is 4.32. The molecule has 1 aromatic carbocycles. The van der Waals surface area contributed by atoms with Crippen LogP contribution in [0.5, 0.6) is 0 Å². The van der Waals surface area contributed by atoms with Gasteiger partial charge in [-0.1, -0.05) is 12.1 Å². The third kappa shape index (κ3) is 4.52. The molecule has 1 aliphatic heterocycles. The summed E-state index contributed by atoms with van der Waals surface area (Å²) in [5, 5.41) is 13.2. The first-order valence-electron chi connectivity index (χ1n) is 8.10. The van der Waals surface area contributed by atoms with Gasteiger partial charge in [-0.25, -0.2) is 8.78 Å². The molecule has 2 N–H and O–H groups in total. The average Bonchev–Trinajstić information content (AvgIpc) is 2.55. The SMILES string of the molecule is CNC(=O)CN(C)C[C@]1(O)CCCN(Cc2cccc(F)c2F)C1=O. The van der Waals surface area contributed by atoms with E-state index in [-0.39, 0.29) is 37.5 Å². The molecule has 1 saturated heterocycles. The maximum atomic E-state index is 13.8. The average molecular weight is 355 g/mol. The molecule has 2 rings (SSSR count). The van der Waals surface area contributed by atoms with Gasteiger partial charge in [-0.2, -0.15) is 0 Å². The number of carbonyl (C=O) groups is 2. The highest BCUT2D eigenvalue weighted by Crippen LogP contribution is 2.26. The molecule has 0 aliphatic carbocycles. The van der Waals surface area contributed by atoms with Crippen LogP contribution >= 0.6 is 0 Å². The number of hydrogen-bond donors (Lipinski definition) is 2. The van der Waals surface area contributed by atoms with Gasteiger partial charge in [0.1, 0.15) is 0 Å². The van der Waals surface area contributed by atoms with Crippen molar-refractivity contribution in [1.29, 1.82) is 0 Å². The molecule has 138 valence electrons. The van der Waals surface area contributed by atoms with Gasteiger partial charge in [0.15, 0.2) is 17.2 Å². The number of carbonyl (C=O) groups excluding carboxylic acids is 2. The first-order valence-corrected chi connectivity index (χ1v) is 8.10. The molecular formula is C17H23F2N3O3. The van der Waals surface area contributed by atoms with Gasteiger partial charge in [0.25, 0.3) is 5.91 Å². The summed E-state index contributed by atoms with van der Waals surface area (Å²) in [6, 6.07) is 3.81. The lowest BCUT2D eigenvalue weighted by Gasteiger charge is -2.40. The fourth-order valence-corrected chi connectivity index (χ4v) is 3.07. The first-order chi connectivity index (χ1) is 11.8. The Morgan fingerprint density at radius 1 is 1.44 bits per heavy atom. The molecule has 0 saturated carbocycles. The minimum Gasteiger partial charge on any atom is -0.379 e. The van der Waals surface area contributed by atoms with Crippen LogP contribution in [0.2, 0.25) is 0 Å². The minimum absolute atomic E-state index is 0.0125. The van der Waals surface area contributed by atoms with Crippen molar-refractivity contribution >= 4 is 11.8 Å². The monoisotopic (exact) mass is 355 g/mol. The number of likely N-dealkylation sites (N-methyl/N-ethyl adjacent to an activating group) is 2. The fraction of sp³-hybridized carbons (Fsp3) is 0.529. The molecule has 2 amide bonds. The molecule has 1 aliphatic rings. The number of hydrogen-bond acceptors (Lipinski definition) is 4. The number of likely N-dealkylation sites (tertiary alicyclic amines) is 1. The largest absolute Gasteiger partial charge is 0.379 e. The normalized spacial score (nSPS) is 20.9. The molecule has 0 radical (unpaired) electrons. The van der Waals surface area contributed by atoms with Crippen molar-refractivity contribution in [2.45, 2.75) is 25.0 Å². The number of rotatable bonds is 6. The van der Waals surface area contributed by atoms with E-state index in [1.165, 1.54) is 24.1 Å². The number of nitrogens with one attached hydrogen (secondary N) is 1. The maximum Gasteiger partial charge on any atom is 0.256 e. The second-order valence-electron chi connectivity index (χ2n) is 6.42. The fourth-order valence-electron chi connectivity index (χ4n) is 3.07. The lowest BCUT2D eigenvalue weighted by atomic mass is 9.90. The van der Waals surface area contributed by atoms with E-state index in [1.807, 2.05) is 0 Å². The van der Waals surface area contributed by atoms with Gasteiger partial charge in [-0.3, -0.25) is 14.5 Å². The Morgan fingerprint density at radius 3 is 2.84 bits per heavy atom. The summed E-state index contributed by atoms with van der Waals surface area (Å²) in [4.78, 5) is 27.0. The third-order valence-corrected chi connectivity index (χ3v) is 4.32. The molecule has 25 heavy (non-hydrogen) atoms. The standard InChI is InChI=1S/C17H23F2N3O3/c1-20-14(23)10-21(2)11-17(25)7-4-8-22(16(17)24)9-12-5-3-6-13(18)15(12)19/h3,5-6,25H,4,7-11H2,1-2H3,(H,20,23)/t17-/m1/s1. The molecule has 0 bridgehead atoms. The molecule has 1 aromatic rings. The lowest BCUT2D eigenvalue weighted by molar-refractivity contribution is -0.160. The number of aliphatic hydroxyl groups is 1. The highest BCUT2D eigenvalue weighted by Gasteiger charge is 2.43. The molecule has 8 heteroatoms. The van der Waals surface area contributed by atoms with Crippen molar-refractivity contribution in [3.05, 3.63) is 35.4 Å². The Kier molecular flexibility index (Phi) is 6.07. The number of nitrogens with zero attached hydrogens (tertiary/aromatic N) is 2. The van der Waals surface area contributed by atoms with Crippen LogP contribution in [0.4, 0.5) is 8.78 Å². The van der Waals surface area contributed by atoms with Gasteiger partial charge < -0.3 is 15.3 Å². The molecule has 1 atom stereocenters. The second kappa shape index (κ2) is 7.88. The van der Waals surface area contributed by atoms with Crippen molar-refractivity contribution < 1.29 is 23.5 Å². The number of piperidine rings is 1. The summed E-state index contributed by atoms with van der Waals surface area (Å²) >= 11 is 0. The predicted octanol–water partition coefficient (Wildman–Crippen LogP) is 0.496. The molecule has 6 nitrogen and oxygen atoms in total. The van der Waals surface area contributed by atoms with Crippen molar-refractivity contribution in [2.24, 2.45) is 0 Å². The van der Waals surface area contributed by atoms with Crippen molar-refractivity contribution in [1.82, 2.24) is 15.1 Å². The summed E-state index contributed by atoms with van der Waals surface area (Å²) in [5.74, 6) is -2.72.